The number of carbonyl (C=O) groups excluding carboxylic acids is 1. The second kappa shape index (κ2) is 7.87. The molecule has 2 rings (SSSR count). The van der Waals surface area contributed by atoms with Gasteiger partial charge in [-0.05, 0) is 65.4 Å². The molecule has 0 saturated heterocycles. The molecule has 2 aromatic carbocycles. The summed E-state index contributed by atoms with van der Waals surface area (Å²) in [5.41, 5.74) is 7.20. The molecule has 0 bridgehead atoms. The van der Waals surface area contributed by atoms with E-state index in [0.717, 1.165) is 9.26 Å². The lowest BCUT2D eigenvalue weighted by Crippen LogP contribution is -2.12. The van der Waals surface area contributed by atoms with Crippen LogP contribution in [0.1, 0.15) is 12.8 Å². The van der Waals surface area contributed by atoms with Crippen LogP contribution in [-0.4, -0.2) is 12.5 Å². The fraction of sp³-hybridized carbons (Fsp3) is 0.188. The van der Waals surface area contributed by atoms with Gasteiger partial charge in [-0.3, -0.25) is 4.79 Å². The van der Waals surface area contributed by atoms with Gasteiger partial charge >= 0.3 is 0 Å². The van der Waals surface area contributed by atoms with Crippen LogP contribution in [0.4, 0.5) is 11.4 Å². The molecule has 0 aromatic heterocycles. The first kappa shape index (κ1) is 15.6. The summed E-state index contributed by atoms with van der Waals surface area (Å²) in [6, 6.07) is 15.0. The molecule has 21 heavy (non-hydrogen) atoms. The number of hydrogen-bond donors (Lipinski definition) is 2. The fourth-order valence-electron chi connectivity index (χ4n) is 1.78. The van der Waals surface area contributed by atoms with E-state index in [1.807, 2.05) is 42.5 Å². The zero-order chi connectivity index (χ0) is 15.1. The summed E-state index contributed by atoms with van der Waals surface area (Å²) in [6.07, 6.45) is 1.06. The number of halogens is 1. The summed E-state index contributed by atoms with van der Waals surface area (Å²) >= 11 is 2.23. The Labute approximate surface area is 137 Å². The summed E-state index contributed by atoms with van der Waals surface area (Å²) in [6.45, 7) is 0.467. The predicted octanol–water partition coefficient (Wildman–Crippen LogP) is 3.67. The largest absolute Gasteiger partial charge is 0.491 e. The zero-order valence-corrected chi connectivity index (χ0v) is 13.7. The summed E-state index contributed by atoms with van der Waals surface area (Å²) in [5.74, 6) is 0.649. The monoisotopic (exact) mass is 396 g/mol. The van der Waals surface area contributed by atoms with Gasteiger partial charge in [-0.2, -0.15) is 0 Å². The molecule has 0 unspecified atom stereocenters. The SMILES string of the molecule is Nc1ccccc1OCCCC(=O)Nc1ccc(I)cc1. The highest BCUT2D eigenvalue weighted by Gasteiger charge is 2.03. The Morgan fingerprint density at radius 2 is 1.86 bits per heavy atom. The maximum atomic E-state index is 11.8. The maximum absolute atomic E-state index is 11.8. The lowest BCUT2D eigenvalue weighted by atomic mass is 10.2. The average Bonchev–Trinajstić information content (AvgIpc) is 2.48. The summed E-state index contributed by atoms with van der Waals surface area (Å²) in [4.78, 5) is 11.8. The number of rotatable bonds is 6. The van der Waals surface area contributed by atoms with E-state index < -0.39 is 0 Å². The van der Waals surface area contributed by atoms with Crippen LogP contribution in [0, 0.1) is 3.57 Å². The molecule has 0 heterocycles. The molecule has 4 nitrogen and oxygen atoms in total. The smallest absolute Gasteiger partial charge is 0.224 e. The molecule has 110 valence electrons. The number of amides is 1. The van der Waals surface area contributed by atoms with Gasteiger partial charge in [0.15, 0.2) is 0 Å². The first-order valence-corrected chi connectivity index (χ1v) is 7.76. The normalized spacial score (nSPS) is 10.1. The number of hydrogen-bond acceptors (Lipinski definition) is 3. The molecular formula is C16H17IN2O2. The molecule has 2 aromatic rings. The van der Waals surface area contributed by atoms with Crippen molar-refractivity contribution in [3.63, 3.8) is 0 Å². The van der Waals surface area contributed by atoms with Gasteiger partial charge in [0.2, 0.25) is 5.91 Å². The Balaban J connectivity index is 1.70. The van der Waals surface area contributed by atoms with Gasteiger partial charge in [-0.25, -0.2) is 0 Å². The lowest BCUT2D eigenvalue weighted by molar-refractivity contribution is -0.116. The van der Waals surface area contributed by atoms with E-state index in [0.29, 0.717) is 30.9 Å². The minimum atomic E-state index is -0.0131. The number of nitrogen functional groups attached to an aromatic ring is 1. The van der Waals surface area contributed by atoms with E-state index >= 15 is 0 Å². The van der Waals surface area contributed by atoms with Crippen molar-refractivity contribution in [1.29, 1.82) is 0 Å². The van der Waals surface area contributed by atoms with E-state index in [4.69, 9.17) is 10.5 Å². The van der Waals surface area contributed by atoms with Crippen LogP contribution >= 0.6 is 22.6 Å². The molecule has 0 aliphatic rings. The molecule has 0 saturated carbocycles. The number of nitrogens with two attached hydrogens (primary N) is 1. The van der Waals surface area contributed by atoms with Gasteiger partial charge in [-0.15, -0.1) is 0 Å². The molecule has 0 radical (unpaired) electrons. The maximum Gasteiger partial charge on any atom is 0.224 e. The van der Waals surface area contributed by atoms with Crippen molar-refractivity contribution in [3.05, 3.63) is 52.1 Å². The van der Waals surface area contributed by atoms with Crippen LogP contribution < -0.4 is 15.8 Å². The lowest BCUT2D eigenvalue weighted by Gasteiger charge is -2.08. The molecule has 0 aliphatic heterocycles. The van der Waals surface area contributed by atoms with Crippen molar-refractivity contribution in [2.45, 2.75) is 12.8 Å². The van der Waals surface area contributed by atoms with E-state index in [2.05, 4.69) is 27.9 Å². The molecule has 0 fully saturated rings. The number of nitrogens with one attached hydrogen (secondary N) is 1. The van der Waals surface area contributed by atoms with Gasteiger partial charge in [0, 0.05) is 15.7 Å². The number of carbonyl (C=O) groups is 1. The highest BCUT2D eigenvalue weighted by Crippen LogP contribution is 2.20. The number of anilines is 2. The number of benzene rings is 2. The topological polar surface area (TPSA) is 64.3 Å². The first-order chi connectivity index (χ1) is 10.1. The Hall–Kier alpha value is -1.76. The van der Waals surface area contributed by atoms with Gasteiger partial charge < -0.3 is 15.8 Å². The molecular weight excluding hydrogens is 379 g/mol. The molecule has 0 spiro atoms. The van der Waals surface area contributed by atoms with Crippen molar-refractivity contribution >= 4 is 39.9 Å². The van der Waals surface area contributed by atoms with E-state index in [1.54, 1.807) is 6.07 Å². The van der Waals surface area contributed by atoms with Crippen molar-refractivity contribution in [1.82, 2.24) is 0 Å². The van der Waals surface area contributed by atoms with Crippen molar-refractivity contribution in [2.75, 3.05) is 17.7 Å². The minimum absolute atomic E-state index is 0.0131. The van der Waals surface area contributed by atoms with Crippen LogP contribution in [0.25, 0.3) is 0 Å². The van der Waals surface area contributed by atoms with E-state index in [1.165, 1.54) is 0 Å². The number of ether oxygens (including phenoxy) is 1. The Morgan fingerprint density at radius 3 is 2.57 bits per heavy atom. The Kier molecular flexibility index (Phi) is 5.86. The van der Waals surface area contributed by atoms with Gasteiger partial charge in [-0.1, -0.05) is 12.1 Å². The predicted molar refractivity (Wildman–Crippen MR) is 93.4 cm³/mol. The summed E-state index contributed by atoms with van der Waals surface area (Å²) in [5, 5.41) is 2.86. The van der Waals surface area contributed by atoms with Crippen molar-refractivity contribution < 1.29 is 9.53 Å². The van der Waals surface area contributed by atoms with Gasteiger partial charge in [0.05, 0.1) is 12.3 Å². The highest BCUT2D eigenvalue weighted by atomic mass is 127. The van der Waals surface area contributed by atoms with Crippen molar-refractivity contribution in [2.24, 2.45) is 0 Å². The Morgan fingerprint density at radius 1 is 1.14 bits per heavy atom. The average molecular weight is 396 g/mol. The molecule has 0 atom stereocenters. The molecule has 3 N–H and O–H groups in total. The van der Waals surface area contributed by atoms with E-state index in [-0.39, 0.29) is 5.91 Å². The standard InChI is InChI=1S/C16H17IN2O2/c17-12-7-9-13(10-8-12)19-16(20)6-3-11-21-15-5-2-1-4-14(15)18/h1-2,4-5,7-10H,3,6,11,18H2,(H,19,20). The van der Waals surface area contributed by atoms with Crippen LogP contribution in [-0.2, 0) is 4.79 Å². The van der Waals surface area contributed by atoms with Gasteiger partial charge in [0.1, 0.15) is 5.75 Å². The molecule has 0 aliphatic carbocycles. The van der Waals surface area contributed by atoms with Crippen LogP contribution in [0.2, 0.25) is 0 Å². The Bertz CT molecular complexity index is 599. The summed E-state index contributed by atoms with van der Waals surface area (Å²) in [7, 11) is 0. The third-order valence-electron chi connectivity index (χ3n) is 2.85. The van der Waals surface area contributed by atoms with Crippen LogP contribution in [0.3, 0.4) is 0 Å². The van der Waals surface area contributed by atoms with Gasteiger partial charge in [0.25, 0.3) is 0 Å². The second-order valence-electron chi connectivity index (χ2n) is 4.54. The second-order valence-corrected chi connectivity index (χ2v) is 5.79. The third kappa shape index (κ3) is 5.26. The zero-order valence-electron chi connectivity index (χ0n) is 11.5. The van der Waals surface area contributed by atoms with Crippen molar-refractivity contribution in [3.8, 4) is 5.75 Å². The summed E-state index contributed by atoms with van der Waals surface area (Å²) < 4.78 is 6.69. The van der Waals surface area contributed by atoms with E-state index in [9.17, 15) is 4.79 Å². The fourth-order valence-corrected chi connectivity index (χ4v) is 2.14. The quantitative estimate of drug-likeness (QED) is 0.445. The minimum Gasteiger partial charge on any atom is -0.491 e. The third-order valence-corrected chi connectivity index (χ3v) is 3.57. The number of para-hydroxylation sites is 2. The van der Waals surface area contributed by atoms with Crippen LogP contribution in [0.15, 0.2) is 48.5 Å². The van der Waals surface area contributed by atoms with Crippen LogP contribution in [0.5, 0.6) is 5.75 Å². The molecule has 1 amide bonds. The highest BCUT2D eigenvalue weighted by molar-refractivity contribution is 14.1. The molecule has 5 heteroatoms. The first-order valence-electron chi connectivity index (χ1n) is 6.68.